The van der Waals surface area contributed by atoms with E-state index >= 15 is 0 Å². The van der Waals surface area contributed by atoms with E-state index < -0.39 is 45.2 Å². The van der Waals surface area contributed by atoms with Gasteiger partial charge in [0.1, 0.15) is 6.04 Å². The molecule has 1 aliphatic rings. The molecule has 0 aromatic heterocycles. The van der Waals surface area contributed by atoms with Crippen LogP contribution in [0.4, 0.5) is 0 Å². The summed E-state index contributed by atoms with van der Waals surface area (Å²) in [6.07, 6.45) is 0.108. The zero-order chi connectivity index (χ0) is 14.8. The molecule has 5 N–H and O–H groups in total. The van der Waals surface area contributed by atoms with E-state index in [0.717, 1.165) is 0 Å². The minimum atomic E-state index is -4.74. The van der Waals surface area contributed by atoms with Gasteiger partial charge in [-0.25, -0.2) is 0 Å². The molecule has 1 saturated heterocycles. The molecule has 112 valence electrons. The Balaban J connectivity index is 2.77. The van der Waals surface area contributed by atoms with Crippen LogP contribution in [-0.4, -0.2) is 54.8 Å². The summed E-state index contributed by atoms with van der Waals surface area (Å²) in [5, 5.41) is 0. The first kappa shape index (κ1) is 16.2. The highest BCUT2D eigenvalue weighted by Gasteiger charge is 2.38. The molecule has 0 spiro atoms. The van der Waals surface area contributed by atoms with E-state index in [1.165, 1.54) is 0 Å². The lowest BCUT2D eigenvalue weighted by Crippen LogP contribution is -2.56. The summed E-state index contributed by atoms with van der Waals surface area (Å²) >= 11 is 0. The van der Waals surface area contributed by atoms with E-state index in [1.807, 2.05) is 5.48 Å². The van der Waals surface area contributed by atoms with Crippen molar-refractivity contribution in [3.63, 3.8) is 0 Å². The van der Waals surface area contributed by atoms with Crippen LogP contribution < -0.4 is 11.2 Å². The third-order valence-electron chi connectivity index (χ3n) is 2.48. The van der Waals surface area contributed by atoms with E-state index in [0.29, 0.717) is 4.31 Å². The summed E-state index contributed by atoms with van der Waals surface area (Å²) in [6.45, 7) is -0.442. The van der Waals surface area contributed by atoms with Crippen molar-refractivity contribution in [1.82, 2.24) is 9.79 Å². The average molecular weight is 319 g/mol. The molecule has 0 saturated carbocycles. The van der Waals surface area contributed by atoms with Crippen LogP contribution >= 0.6 is 0 Å². The molecule has 0 bridgehead atoms. The zero-order valence-corrected chi connectivity index (χ0v) is 11.1. The summed E-state index contributed by atoms with van der Waals surface area (Å²) in [7, 11) is -9.42. The molecule has 0 aromatic carbocycles. The van der Waals surface area contributed by atoms with Crippen LogP contribution in [-0.2, 0) is 29.8 Å². The molecule has 11 nitrogen and oxygen atoms in total. The first-order chi connectivity index (χ1) is 8.50. The molecular formula is C6H13N3O8S2. The smallest absolute Gasteiger partial charge is 0.368 e. The molecule has 0 aliphatic carbocycles. The van der Waals surface area contributed by atoms with Crippen LogP contribution in [0.5, 0.6) is 0 Å². The van der Waals surface area contributed by atoms with Gasteiger partial charge < -0.3 is 5.73 Å². The summed E-state index contributed by atoms with van der Waals surface area (Å²) < 4.78 is 64.5. The average Bonchev–Trinajstić information content (AvgIpc) is 2.23. The fourth-order valence-electron chi connectivity index (χ4n) is 1.70. The Labute approximate surface area is 109 Å². The first-order valence-electron chi connectivity index (χ1n) is 4.95. The highest BCUT2D eigenvalue weighted by atomic mass is 32.3. The van der Waals surface area contributed by atoms with Gasteiger partial charge in [-0.15, -0.1) is 0 Å². The van der Waals surface area contributed by atoms with Crippen LogP contribution in [0.15, 0.2) is 0 Å². The predicted octanol–water partition coefficient (Wildman–Crippen LogP) is -2.57. The molecule has 1 heterocycles. The number of rotatable bonds is 5. The summed E-state index contributed by atoms with van der Waals surface area (Å²) in [6, 6.07) is -2.07. The summed E-state index contributed by atoms with van der Waals surface area (Å²) in [4.78, 5) is 11.1. The lowest BCUT2D eigenvalue weighted by Gasteiger charge is -2.34. The third-order valence-corrected chi connectivity index (χ3v) is 3.78. The van der Waals surface area contributed by atoms with Crippen molar-refractivity contribution in [1.29, 1.82) is 0 Å². The van der Waals surface area contributed by atoms with Gasteiger partial charge in [-0.05, 0) is 12.8 Å². The van der Waals surface area contributed by atoms with Crippen LogP contribution in [0.2, 0.25) is 0 Å². The van der Waals surface area contributed by atoms with Gasteiger partial charge in [0.15, 0.2) is 0 Å². The van der Waals surface area contributed by atoms with Gasteiger partial charge >= 0.3 is 20.7 Å². The Morgan fingerprint density at radius 1 is 1.26 bits per heavy atom. The number of hydrogen-bond acceptors (Lipinski definition) is 7. The quantitative estimate of drug-likeness (QED) is 0.313. The third kappa shape index (κ3) is 4.98. The zero-order valence-electron chi connectivity index (χ0n) is 9.46. The molecule has 19 heavy (non-hydrogen) atoms. The number of hydroxylamine groups is 1. The Kier molecular flexibility index (Phi) is 4.83. The fraction of sp³-hybridized carbons (Fsp3) is 0.833. The highest BCUT2D eigenvalue weighted by molar-refractivity contribution is 7.83. The Bertz CT molecular complexity index is 543. The van der Waals surface area contributed by atoms with Crippen molar-refractivity contribution in [3.8, 4) is 0 Å². The summed E-state index contributed by atoms with van der Waals surface area (Å²) in [5.41, 5.74) is 6.92. The molecular weight excluding hydrogens is 306 g/mol. The number of primary amides is 1. The summed E-state index contributed by atoms with van der Waals surface area (Å²) in [5.74, 6) is -0.938. The van der Waals surface area contributed by atoms with E-state index in [1.54, 1.807) is 0 Å². The SMILES string of the molecule is NC(=O)[C@@H]1CC[C@@H](NOS(=O)(=O)O)CN1S(=O)(=O)O. The first-order valence-corrected chi connectivity index (χ1v) is 7.72. The van der Waals surface area contributed by atoms with E-state index in [2.05, 4.69) is 4.28 Å². The number of carbonyl (C=O) groups excluding carboxylic acids is 1. The van der Waals surface area contributed by atoms with E-state index in [-0.39, 0.29) is 12.8 Å². The Morgan fingerprint density at radius 2 is 1.84 bits per heavy atom. The van der Waals surface area contributed by atoms with Gasteiger partial charge in [0.25, 0.3) is 0 Å². The number of amides is 1. The van der Waals surface area contributed by atoms with Crippen molar-refractivity contribution in [2.24, 2.45) is 5.73 Å². The molecule has 0 aromatic rings. The van der Waals surface area contributed by atoms with Gasteiger partial charge in [0.2, 0.25) is 5.91 Å². The minimum absolute atomic E-state index is 0.0401. The van der Waals surface area contributed by atoms with Crippen molar-refractivity contribution < 1.29 is 35.0 Å². The highest BCUT2D eigenvalue weighted by Crippen LogP contribution is 2.20. The van der Waals surface area contributed by atoms with Gasteiger partial charge in [-0.2, -0.15) is 30.9 Å². The number of carbonyl (C=O) groups is 1. The molecule has 2 atom stereocenters. The fourth-order valence-corrected chi connectivity index (χ4v) is 2.86. The molecule has 1 aliphatic heterocycles. The second kappa shape index (κ2) is 5.66. The number of nitrogens with zero attached hydrogens (tertiary/aromatic N) is 1. The molecule has 0 unspecified atom stereocenters. The maximum absolute atomic E-state index is 11.1. The van der Waals surface area contributed by atoms with Gasteiger partial charge in [0.05, 0.1) is 0 Å². The number of piperidine rings is 1. The Morgan fingerprint density at radius 3 is 2.26 bits per heavy atom. The van der Waals surface area contributed by atoms with Crippen LogP contribution in [0, 0.1) is 0 Å². The minimum Gasteiger partial charge on any atom is -0.368 e. The van der Waals surface area contributed by atoms with Crippen LogP contribution in [0.1, 0.15) is 12.8 Å². The molecule has 1 amide bonds. The van der Waals surface area contributed by atoms with E-state index in [9.17, 15) is 21.6 Å². The molecule has 1 rings (SSSR count). The number of nitrogens with one attached hydrogen (secondary N) is 1. The standard InChI is InChI=1S/C6H13N3O8S2/c7-6(10)5-2-1-4(8-17-19(14,15)16)3-9(5)18(11,12)13/h4-5,8H,1-3H2,(H2,7,10)(H,11,12,13)(H,14,15,16)/t4-,5+/m1/s1. The molecule has 0 radical (unpaired) electrons. The maximum Gasteiger partial charge on any atom is 0.413 e. The van der Waals surface area contributed by atoms with Crippen molar-refractivity contribution in [3.05, 3.63) is 0 Å². The second-order valence-corrected chi connectivity index (χ2v) is 6.26. The topological polar surface area (TPSA) is 176 Å². The van der Waals surface area contributed by atoms with Crippen molar-refractivity contribution >= 4 is 26.6 Å². The van der Waals surface area contributed by atoms with Gasteiger partial charge in [0, 0.05) is 12.6 Å². The van der Waals surface area contributed by atoms with Gasteiger partial charge in [-0.1, -0.05) is 0 Å². The molecule has 13 heteroatoms. The second-order valence-electron chi connectivity index (χ2n) is 3.87. The monoisotopic (exact) mass is 319 g/mol. The normalized spacial score (nSPS) is 26.2. The number of nitrogens with two attached hydrogens (primary N) is 1. The largest absolute Gasteiger partial charge is 0.413 e. The number of hydrogen-bond donors (Lipinski definition) is 4. The lowest BCUT2D eigenvalue weighted by atomic mass is 10.0. The predicted molar refractivity (Wildman–Crippen MR) is 60.0 cm³/mol. The van der Waals surface area contributed by atoms with Gasteiger partial charge in [-0.3, -0.25) is 13.9 Å². The van der Waals surface area contributed by atoms with Crippen LogP contribution in [0.25, 0.3) is 0 Å². The van der Waals surface area contributed by atoms with Crippen molar-refractivity contribution in [2.45, 2.75) is 24.9 Å². The van der Waals surface area contributed by atoms with Crippen molar-refractivity contribution in [2.75, 3.05) is 6.54 Å². The van der Waals surface area contributed by atoms with Crippen LogP contribution in [0.3, 0.4) is 0 Å². The molecule has 1 fully saturated rings. The Hall–Kier alpha value is -0.830. The lowest BCUT2D eigenvalue weighted by molar-refractivity contribution is -0.123. The maximum atomic E-state index is 11.1. The van der Waals surface area contributed by atoms with E-state index in [4.69, 9.17) is 14.8 Å².